The van der Waals surface area contributed by atoms with Crippen molar-refractivity contribution < 1.29 is 5.11 Å². The van der Waals surface area contributed by atoms with Gasteiger partial charge >= 0.3 is 0 Å². The standard InChI is InChI=1S/C11H14N2OS/c1-2-13-8-9(7-12-13)6-10(14)11-4-3-5-15-11/h3-5,7-8,10,14H,2,6H2,1H3. The van der Waals surface area contributed by atoms with Crippen LogP contribution in [-0.2, 0) is 13.0 Å². The van der Waals surface area contributed by atoms with Gasteiger partial charge in [0, 0.05) is 24.0 Å². The number of aliphatic hydroxyl groups is 1. The Kier molecular flexibility index (Phi) is 3.18. The van der Waals surface area contributed by atoms with E-state index in [1.54, 1.807) is 11.3 Å². The minimum atomic E-state index is -0.403. The first-order chi connectivity index (χ1) is 7.29. The van der Waals surface area contributed by atoms with Crippen molar-refractivity contribution in [2.75, 3.05) is 0 Å². The molecule has 0 saturated heterocycles. The molecule has 0 bridgehead atoms. The van der Waals surface area contributed by atoms with Crippen LogP contribution < -0.4 is 0 Å². The van der Waals surface area contributed by atoms with Gasteiger partial charge in [-0.15, -0.1) is 11.3 Å². The van der Waals surface area contributed by atoms with Gasteiger partial charge < -0.3 is 5.11 Å². The van der Waals surface area contributed by atoms with Crippen molar-refractivity contribution in [3.63, 3.8) is 0 Å². The summed E-state index contributed by atoms with van der Waals surface area (Å²) in [6.07, 6.45) is 4.04. The summed E-state index contributed by atoms with van der Waals surface area (Å²) < 4.78 is 1.87. The van der Waals surface area contributed by atoms with E-state index in [9.17, 15) is 5.11 Å². The number of hydrogen-bond donors (Lipinski definition) is 1. The van der Waals surface area contributed by atoms with Crippen molar-refractivity contribution in [2.24, 2.45) is 0 Å². The molecule has 0 amide bonds. The third-order valence-electron chi connectivity index (χ3n) is 2.31. The Bertz CT molecular complexity index is 408. The average Bonchev–Trinajstić information content (AvgIpc) is 2.87. The van der Waals surface area contributed by atoms with E-state index in [0.29, 0.717) is 6.42 Å². The van der Waals surface area contributed by atoms with Gasteiger partial charge in [-0.25, -0.2) is 0 Å². The number of aliphatic hydroxyl groups excluding tert-OH is 1. The maximum absolute atomic E-state index is 9.92. The van der Waals surface area contributed by atoms with Crippen molar-refractivity contribution in [1.29, 1.82) is 0 Å². The fraction of sp³-hybridized carbons (Fsp3) is 0.364. The van der Waals surface area contributed by atoms with E-state index in [-0.39, 0.29) is 0 Å². The molecule has 2 rings (SSSR count). The molecule has 1 N–H and O–H groups in total. The van der Waals surface area contributed by atoms with Crippen LogP contribution in [0.1, 0.15) is 23.5 Å². The van der Waals surface area contributed by atoms with Crippen LogP contribution in [0.25, 0.3) is 0 Å². The van der Waals surface area contributed by atoms with Crippen LogP contribution in [-0.4, -0.2) is 14.9 Å². The van der Waals surface area contributed by atoms with Gasteiger partial charge in [0.1, 0.15) is 0 Å². The summed E-state index contributed by atoms with van der Waals surface area (Å²) in [6, 6.07) is 3.91. The van der Waals surface area contributed by atoms with Gasteiger partial charge in [0.25, 0.3) is 0 Å². The van der Waals surface area contributed by atoms with Crippen LogP contribution in [0.3, 0.4) is 0 Å². The van der Waals surface area contributed by atoms with Gasteiger partial charge in [0.2, 0.25) is 0 Å². The van der Waals surface area contributed by atoms with E-state index >= 15 is 0 Å². The van der Waals surface area contributed by atoms with E-state index in [1.807, 2.05) is 41.5 Å². The molecule has 1 unspecified atom stereocenters. The lowest BCUT2D eigenvalue weighted by atomic mass is 10.1. The highest BCUT2D eigenvalue weighted by molar-refractivity contribution is 7.10. The van der Waals surface area contributed by atoms with E-state index < -0.39 is 6.10 Å². The van der Waals surface area contributed by atoms with Crippen molar-refractivity contribution in [3.05, 3.63) is 40.3 Å². The van der Waals surface area contributed by atoms with Crippen LogP contribution in [0.2, 0.25) is 0 Å². The summed E-state index contributed by atoms with van der Waals surface area (Å²) >= 11 is 1.59. The van der Waals surface area contributed by atoms with E-state index in [2.05, 4.69) is 5.10 Å². The lowest BCUT2D eigenvalue weighted by Gasteiger charge is -2.05. The minimum absolute atomic E-state index is 0.403. The number of thiophene rings is 1. The molecule has 2 aromatic rings. The highest BCUT2D eigenvalue weighted by Crippen LogP contribution is 2.22. The van der Waals surface area contributed by atoms with E-state index in [4.69, 9.17) is 0 Å². The fourth-order valence-electron chi connectivity index (χ4n) is 1.49. The molecule has 3 nitrogen and oxygen atoms in total. The fourth-order valence-corrected chi connectivity index (χ4v) is 2.20. The Balaban J connectivity index is 2.02. The SMILES string of the molecule is CCn1cc(CC(O)c2cccs2)cn1. The van der Waals surface area contributed by atoms with Gasteiger partial charge in [0.15, 0.2) is 0 Å². The van der Waals surface area contributed by atoms with Crippen molar-refractivity contribution >= 4 is 11.3 Å². The quantitative estimate of drug-likeness (QED) is 0.861. The molecular weight excluding hydrogens is 208 g/mol. The summed E-state index contributed by atoms with van der Waals surface area (Å²) in [5, 5.41) is 16.1. The third kappa shape index (κ3) is 2.46. The van der Waals surface area contributed by atoms with Crippen LogP contribution >= 0.6 is 11.3 Å². The van der Waals surface area contributed by atoms with Gasteiger partial charge in [-0.3, -0.25) is 4.68 Å². The number of hydrogen-bond acceptors (Lipinski definition) is 3. The molecular formula is C11H14N2OS. The number of nitrogens with zero attached hydrogens (tertiary/aromatic N) is 2. The lowest BCUT2D eigenvalue weighted by Crippen LogP contribution is -1.98. The van der Waals surface area contributed by atoms with Crippen molar-refractivity contribution in [2.45, 2.75) is 26.0 Å². The second-order valence-electron chi connectivity index (χ2n) is 3.44. The van der Waals surface area contributed by atoms with Crippen LogP contribution in [0.15, 0.2) is 29.9 Å². The molecule has 1 atom stereocenters. The lowest BCUT2D eigenvalue weighted by molar-refractivity contribution is 0.182. The summed E-state index contributed by atoms with van der Waals surface area (Å²) in [4.78, 5) is 1.01. The van der Waals surface area contributed by atoms with E-state index in [1.165, 1.54) is 0 Å². The van der Waals surface area contributed by atoms with Gasteiger partial charge in [0.05, 0.1) is 12.3 Å². The monoisotopic (exact) mass is 222 g/mol. The van der Waals surface area contributed by atoms with Gasteiger partial charge in [-0.05, 0) is 23.9 Å². The van der Waals surface area contributed by atoms with Crippen molar-refractivity contribution in [3.8, 4) is 0 Å². The molecule has 0 aliphatic carbocycles. The predicted octanol–water partition coefficient (Wildman–Crippen LogP) is 2.24. The van der Waals surface area contributed by atoms with Crippen LogP contribution in [0.5, 0.6) is 0 Å². The third-order valence-corrected chi connectivity index (χ3v) is 3.28. The first-order valence-corrected chi connectivity index (χ1v) is 5.90. The van der Waals surface area contributed by atoms with E-state index in [0.717, 1.165) is 17.0 Å². The molecule has 80 valence electrons. The second-order valence-corrected chi connectivity index (χ2v) is 4.42. The Morgan fingerprint density at radius 3 is 3.07 bits per heavy atom. The van der Waals surface area contributed by atoms with Crippen LogP contribution in [0, 0.1) is 0 Å². The molecule has 15 heavy (non-hydrogen) atoms. The highest BCUT2D eigenvalue weighted by atomic mass is 32.1. The zero-order chi connectivity index (χ0) is 10.7. The summed E-state index contributed by atoms with van der Waals surface area (Å²) in [5.74, 6) is 0. The molecule has 4 heteroatoms. The Morgan fingerprint density at radius 1 is 1.60 bits per heavy atom. The Hall–Kier alpha value is -1.13. The molecule has 0 aromatic carbocycles. The number of rotatable bonds is 4. The predicted molar refractivity (Wildman–Crippen MR) is 60.9 cm³/mol. The molecule has 0 aliphatic rings. The maximum atomic E-state index is 9.92. The first-order valence-electron chi connectivity index (χ1n) is 5.02. The van der Waals surface area contributed by atoms with Gasteiger partial charge in [-0.1, -0.05) is 6.07 Å². The molecule has 2 heterocycles. The molecule has 0 saturated carbocycles. The Morgan fingerprint density at radius 2 is 2.47 bits per heavy atom. The van der Waals surface area contributed by atoms with Crippen LogP contribution in [0.4, 0.5) is 0 Å². The molecule has 0 fully saturated rings. The van der Waals surface area contributed by atoms with Crippen molar-refractivity contribution in [1.82, 2.24) is 9.78 Å². The molecule has 0 aliphatic heterocycles. The highest BCUT2D eigenvalue weighted by Gasteiger charge is 2.10. The minimum Gasteiger partial charge on any atom is -0.387 e. The zero-order valence-electron chi connectivity index (χ0n) is 8.63. The summed E-state index contributed by atoms with van der Waals surface area (Å²) in [6.45, 7) is 2.92. The topological polar surface area (TPSA) is 38.0 Å². The zero-order valence-corrected chi connectivity index (χ0v) is 9.44. The normalized spacial score (nSPS) is 12.9. The number of aryl methyl sites for hydroxylation is 1. The average molecular weight is 222 g/mol. The summed E-state index contributed by atoms with van der Waals surface area (Å²) in [5.41, 5.74) is 1.08. The second kappa shape index (κ2) is 4.59. The largest absolute Gasteiger partial charge is 0.387 e. The maximum Gasteiger partial charge on any atom is 0.0923 e. The number of aromatic nitrogens is 2. The molecule has 2 aromatic heterocycles. The first kappa shape index (κ1) is 10.4. The molecule has 0 radical (unpaired) electrons. The summed E-state index contributed by atoms with van der Waals surface area (Å²) in [7, 11) is 0. The smallest absolute Gasteiger partial charge is 0.0923 e. The van der Waals surface area contributed by atoms with Gasteiger partial charge in [-0.2, -0.15) is 5.10 Å². The molecule has 0 spiro atoms. The Labute approximate surface area is 93.0 Å².